The summed E-state index contributed by atoms with van der Waals surface area (Å²) in [5.41, 5.74) is 5.93. The van der Waals surface area contributed by atoms with Crippen LogP contribution in [0.2, 0.25) is 0 Å². The van der Waals surface area contributed by atoms with E-state index >= 15 is 0 Å². The van der Waals surface area contributed by atoms with Gasteiger partial charge in [-0.1, -0.05) is 31.9 Å². The number of amides is 1. The van der Waals surface area contributed by atoms with Crippen LogP contribution in [0.3, 0.4) is 0 Å². The molecule has 124 valence electrons. The van der Waals surface area contributed by atoms with Crippen molar-refractivity contribution in [1.29, 1.82) is 0 Å². The molecule has 3 rings (SSSR count). The number of hydrogen-bond acceptors (Lipinski definition) is 2. The summed E-state index contributed by atoms with van der Waals surface area (Å²) < 4.78 is 0. The largest absolute Gasteiger partial charge is 0.326 e. The van der Waals surface area contributed by atoms with E-state index in [1.807, 2.05) is 18.3 Å². The van der Waals surface area contributed by atoms with Crippen molar-refractivity contribution in [3.8, 4) is 0 Å². The van der Waals surface area contributed by atoms with Crippen LogP contribution in [0.15, 0.2) is 42.7 Å². The Morgan fingerprint density at radius 1 is 1.25 bits per heavy atom. The molecule has 0 saturated carbocycles. The molecule has 2 heterocycles. The van der Waals surface area contributed by atoms with E-state index in [1.54, 1.807) is 6.20 Å². The van der Waals surface area contributed by atoms with E-state index < -0.39 is 0 Å². The molecule has 0 bridgehead atoms. The molecule has 1 N–H and O–H groups in total. The first-order valence-corrected chi connectivity index (χ1v) is 8.80. The third kappa shape index (κ3) is 4.10. The molecule has 0 atom stereocenters. The minimum Gasteiger partial charge on any atom is -0.326 e. The van der Waals surface area contributed by atoms with Gasteiger partial charge in [-0.25, -0.2) is 0 Å². The summed E-state index contributed by atoms with van der Waals surface area (Å²) in [6, 6.07) is 10.5. The van der Waals surface area contributed by atoms with E-state index in [0.717, 1.165) is 24.1 Å². The predicted molar refractivity (Wildman–Crippen MR) is 99.6 cm³/mol. The SMILES string of the molecule is CCCCC/C(=C/c1cccnc1)c1ccc2c(c1)CCC(=O)N2. The second-order valence-corrected chi connectivity index (χ2v) is 6.33. The van der Waals surface area contributed by atoms with Gasteiger partial charge in [0.2, 0.25) is 5.91 Å². The summed E-state index contributed by atoms with van der Waals surface area (Å²) in [4.78, 5) is 15.7. The monoisotopic (exact) mass is 320 g/mol. The Hall–Kier alpha value is -2.42. The van der Waals surface area contributed by atoms with E-state index in [1.165, 1.54) is 36.0 Å². The fourth-order valence-electron chi connectivity index (χ4n) is 3.11. The average molecular weight is 320 g/mol. The number of aryl methyl sites for hydroxylation is 1. The molecule has 1 aromatic carbocycles. The second-order valence-electron chi connectivity index (χ2n) is 6.33. The Bertz CT molecular complexity index is 735. The molecule has 0 aliphatic carbocycles. The molecule has 1 aromatic heterocycles. The maximum atomic E-state index is 11.5. The molecule has 1 aliphatic rings. The van der Waals surface area contributed by atoms with Gasteiger partial charge in [0.15, 0.2) is 0 Å². The fourth-order valence-corrected chi connectivity index (χ4v) is 3.11. The summed E-state index contributed by atoms with van der Waals surface area (Å²) in [6.07, 6.45) is 12.1. The smallest absolute Gasteiger partial charge is 0.224 e. The van der Waals surface area contributed by atoms with Crippen molar-refractivity contribution in [1.82, 2.24) is 4.98 Å². The summed E-state index contributed by atoms with van der Waals surface area (Å²) >= 11 is 0. The highest BCUT2D eigenvalue weighted by atomic mass is 16.1. The van der Waals surface area contributed by atoms with Crippen LogP contribution in [-0.4, -0.2) is 10.9 Å². The number of fused-ring (bicyclic) bond motifs is 1. The lowest BCUT2D eigenvalue weighted by molar-refractivity contribution is -0.116. The van der Waals surface area contributed by atoms with Gasteiger partial charge < -0.3 is 5.32 Å². The van der Waals surface area contributed by atoms with Gasteiger partial charge in [-0.05, 0) is 65.8 Å². The van der Waals surface area contributed by atoms with Gasteiger partial charge >= 0.3 is 0 Å². The van der Waals surface area contributed by atoms with Gasteiger partial charge in [-0.3, -0.25) is 9.78 Å². The number of nitrogens with one attached hydrogen (secondary N) is 1. The van der Waals surface area contributed by atoms with Crippen LogP contribution >= 0.6 is 0 Å². The van der Waals surface area contributed by atoms with Gasteiger partial charge in [-0.2, -0.15) is 0 Å². The van der Waals surface area contributed by atoms with Gasteiger partial charge in [-0.15, -0.1) is 0 Å². The van der Waals surface area contributed by atoms with E-state index in [4.69, 9.17) is 0 Å². The Morgan fingerprint density at radius 3 is 2.96 bits per heavy atom. The van der Waals surface area contributed by atoms with Crippen LogP contribution < -0.4 is 5.32 Å². The van der Waals surface area contributed by atoms with Crippen molar-refractivity contribution in [3.63, 3.8) is 0 Å². The molecule has 1 amide bonds. The lowest BCUT2D eigenvalue weighted by Crippen LogP contribution is -2.18. The number of aromatic nitrogens is 1. The first kappa shape index (κ1) is 16.4. The van der Waals surface area contributed by atoms with Crippen molar-refractivity contribution in [2.75, 3.05) is 5.32 Å². The van der Waals surface area contributed by atoms with Crippen molar-refractivity contribution >= 4 is 23.2 Å². The van der Waals surface area contributed by atoms with Gasteiger partial charge in [0.1, 0.15) is 0 Å². The Balaban J connectivity index is 1.90. The molecule has 2 aromatic rings. The number of unbranched alkanes of at least 4 members (excludes halogenated alkanes) is 2. The number of anilines is 1. The minimum atomic E-state index is 0.115. The van der Waals surface area contributed by atoms with Crippen LogP contribution in [0, 0.1) is 0 Å². The number of hydrogen-bond donors (Lipinski definition) is 1. The topological polar surface area (TPSA) is 42.0 Å². The molecular formula is C21H24N2O. The molecule has 0 unspecified atom stereocenters. The fraction of sp³-hybridized carbons (Fsp3) is 0.333. The zero-order valence-corrected chi connectivity index (χ0v) is 14.2. The second kappa shape index (κ2) is 7.91. The van der Waals surface area contributed by atoms with Crippen LogP contribution in [0.25, 0.3) is 11.6 Å². The highest BCUT2D eigenvalue weighted by Crippen LogP contribution is 2.30. The lowest BCUT2D eigenvalue weighted by Gasteiger charge is -2.18. The quantitative estimate of drug-likeness (QED) is 0.753. The van der Waals surface area contributed by atoms with Gasteiger partial charge in [0, 0.05) is 24.5 Å². The normalized spacial score (nSPS) is 14.2. The maximum Gasteiger partial charge on any atom is 0.224 e. The zero-order chi connectivity index (χ0) is 16.8. The lowest BCUT2D eigenvalue weighted by atomic mass is 9.93. The summed E-state index contributed by atoms with van der Waals surface area (Å²) in [6.45, 7) is 2.23. The number of nitrogens with zero attached hydrogens (tertiary/aromatic N) is 1. The molecule has 0 radical (unpaired) electrons. The standard InChI is InChI=1S/C21H24N2O/c1-2-3-4-7-17(13-16-6-5-12-22-15-16)18-8-10-20-19(14-18)9-11-21(24)23-20/h5-6,8,10,12-15H,2-4,7,9,11H2,1H3,(H,23,24)/b17-13-. The van der Waals surface area contributed by atoms with Crippen molar-refractivity contribution in [2.24, 2.45) is 0 Å². The highest BCUT2D eigenvalue weighted by Gasteiger charge is 2.15. The summed E-state index contributed by atoms with van der Waals surface area (Å²) in [5.74, 6) is 0.115. The Morgan fingerprint density at radius 2 is 2.17 bits per heavy atom. The minimum absolute atomic E-state index is 0.115. The van der Waals surface area contributed by atoms with Crippen LogP contribution in [0.5, 0.6) is 0 Å². The average Bonchev–Trinajstić information content (AvgIpc) is 2.61. The van der Waals surface area contributed by atoms with E-state index in [9.17, 15) is 4.79 Å². The molecule has 0 saturated heterocycles. The highest BCUT2D eigenvalue weighted by molar-refractivity contribution is 5.94. The summed E-state index contributed by atoms with van der Waals surface area (Å²) in [7, 11) is 0. The molecular weight excluding hydrogens is 296 g/mol. The van der Waals surface area contributed by atoms with Crippen LogP contribution in [0.4, 0.5) is 5.69 Å². The number of pyridine rings is 1. The van der Waals surface area contributed by atoms with Crippen LogP contribution in [-0.2, 0) is 11.2 Å². The predicted octanol–water partition coefficient (Wildman–Crippen LogP) is 5.09. The molecule has 1 aliphatic heterocycles. The maximum absolute atomic E-state index is 11.5. The molecule has 3 nitrogen and oxygen atoms in total. The molecule has 0 fully saturated rings. The van der Waals surface area contributed by atoms with Crippen LogP contribution in [0.1, 0.15) is 55.7 Å². The van der Waals surface area contributed by atoms with Crippen molar-refractivity contribution in [3.05, 3.63) is 59.4 Å². The number of allylic oxidation sites excluding steroid dienone is 1. The number of rotatable bonds is 6. The summed E-state index contributed by atoms with van der Waals surface area (Å²) in [5, 5.41) is 2.96. The third-order valence-electron chi connectivity index (χ3n) is 4.45. The molecule has 3 heteroatoms. The van der Waals surface area contributed by atoms with E-state index in [2.05, 4.69) is 41.5 Å². The third-order valence-corrected chi connectivity index (χ3v) is 4.45. The number of carbonyl (C=O) groups excluding carboxylic acids is 1. The van der Waals surface area contributed by atoms with Gasteiger partial charge in [0.25, 0.3) is 0 Å². The number of carbonyl (C=O) groups is 1. The number of benzene rings is 1. The van der Waals surface area contributed by atoms with Crippen molar-refractivity contribution < 1.29 is 4.79 Å². The van der Waals surface area contributed by atoms with E-state index in [-0.39, 0.29) is 5.91 Å². The first-order valence-electron chi connectivity index (χ1n) is 8.80. The Kier molecular flexibility index (Phi) is 5.42. The Labute approximate surface area is 143 Å². The first-order chi connectivity index (χ1) is 11.8. The zero-order valence-electron chi connectivity index (χ0n) is 14.2. The van der Waals surface area contributed by atoms with Gasteiger partial charge in [0.05, 0.1) is 0 Å². The van der Waals surface area contributed by atoms with Crippen molar-refractivity contribution in [2.45, 2.75) is 45.4 Å². The molecule has 0 spiro atoms. The molecule has 24 heavy (non-hydrogen) atoms. The van der Waals surface area contributed by atoms with E-state index in [0.29, 0.717) is 6.42 Å².